The van der Waals surface area contributed by atoms with Crippen molar-refractivity contribution in [2.75, 3.05) is 11.4 Å². The number of nitrogens with zero attached hydrogens (tertiary/aromatic N) is 2. The summed E-state index contributed by atoms with van der Waals surface area (Å²) in [6.07, 6.45) is 1.78. The molecule has 0 aliphatic carbocycles. The van der Waals surface area contributed by atoms with Gasteiger partial charge < -0.3 is 30.4 Å². The first-order valence-corrected chi connectivity index (χ1v) is 11.6. The van der Waals surface area contributed by atoms with Gasteiger partial charge in [0.1, 0.15) is 5.82 Å². The number of fused-ring (bicyclic) bond motifs is 2. The fourth-order valence-electron chi connectivity index (χ4n) is 5.09. The number of hydrogen-bond donors (Lipinski definition) is 5. The van der Waals surface area contributed by atoms with Crippen LogP contribution in [0.15, 0.2) is 60.8 Å². The van der Waals surface area contributed by atoms with Gasteiger partial charge in [0.05, 0.1) is 32.5 Å². The minimum Gasteiger partial charge on any atom is -0.392 e. The molecule has 0 bridgehead atoms. The molecule has 35 heavy (non-hydrogen) atoms. The van der Waals surface area contributed by atoms with Crippen LogP contribution in [-0.2, 0) is 26.4 Å². The summed E-state index contributed by atoms with van der Waals surface area (Å²) >= 11 is 0. The molecule has 180 valence electrons. The van der Waals surface area contributed by atoms with Gasteiger partial charge in [-0.3, -0.25) is 0 Å². The average Bonchev–Trinajstić information content (AvgIpc) is 2.91. The zero-order chi connectivity index (χ0) is 24.5. The molecule has 0 saturated heterocycles. The van der Waals surface area contributed by atoms with Crippen molar-refractivity contribution in [3.8, 4) is 11.1 Å². The van der Waals surface area contributed by atoms with Crippen LogP contribution in [0.4, 0.5) is 11.5 Å². The standard InChI is InChI=1S/C28H28N2O5/c31-13-19-9-18-10-21(15-33)24(16-34)28(23(18)11-20(19)14-32)17-5-7-29-27(12-17)30-8-6-26(35)22-3-1-2-4-25(22)30/h1-5,7,9-12,26,31-35H,6,8,13-16H2. The van der Waals surface area contributed by atoms with Gasteiger partial charge in [-0.2, -0.15) is 0 Å². The number of pyridine rings is 1. The Bertz CT molecular complexity index is 1380. The Morgan fingerprint density at radius 2 is 1.54 bits per heavy atom. The van der Waals surface area contributed by atoms with Crippen molar-refractivity contribution < 1.29 is 25.5 Å². The van der Waals surface area contributed by atoms with E-state index < -0.39 is 6.10 Å². The van der Waals surface area contributed by atoms with Gasteiger partial charge in [-0.25, -0.2) is 4.98 Å². The summed E-state index contributed by atoms with van der Waals surface area (Å²) in [5, 5.41) is 52.1. The first-order valence-electron chi connectivity index (χ1n) is 11.6. The lowest BCUT2D eigenvalue weighted by atomic mass is 9.88. The van der Waals surface area contributed by atoms with Gasteiger partial charge in [-0.05, 0) is 87.0 Å². The van der Waals surface area contributed by atoms with Crippen molar-refractivity contribution in [1.82, 2.24) is 4.98 Å². The highest BCUT2D eigenvalue weighted by Crippen LogP contribution is 2.41. The molecule has 1 aliphatic rings. The second-order valence-corrected chi connectivity index (χ2v) is 8.78. The number of benzene rings is 3. The lowest BCUT2D eigenvalue weighted by molar-refractivity contribution is 0.165. The Balaban J connectivity index is 1.73. The fraction of sp³-hybridized carbons (Fsp3) is 0.250. The average molecular weight is 473 g/mol. The van der Waals surface area contributed by atoms with Crippen LogP contribution in [0.3, 0.4) is 0 Å². The second-order valence-electron chi connectivity index (χ2n) is 8.78. The van der Waals surface area contributed by atoms with Crippen LogP contribution in [0.2, 0.25) is 0 Å². The van der Waals surface area contributed by atoms with Gasteiger partial charge >= 0.3 is 0 Å². The molecule has 0 fully saturated rings. The highest BCUT2D eigenvalue weighted by Gasteiger charge is 2.25. The number of hydrogen-bond acceptors (Lipinski definition) is 7. The molecule has 7 heteroatoms. The molecule has 0 spiro atoms. The van der Waals surface area contributed by atoms with Crippen molar-refractivity contribution in [3.05, 3.63) is 88.6 Å². The first-order chi connectivity index (χ1) is 17.1. The number of anilines is 2. The summed E-state index contributed by atoms with van der Waals surface area (Å²) in [5.41, 5.74) is 5.75. The van der Waals surface area contributed by atoms with Gasteiger partial charge in [-0.15, -0.1) is 0 Å². The van der Waals surface area contributed by atoms with Gasteiger partial charge in [0, 0.05) is 24.0 Å². The van der Waals surface area contributed by atoms with Crippen LogP contribution < -0.4 is 4.90 Å². The summed E-state index contributed by atoms with van der Waals surface area (Å²) in [5.74, 6) is 0.711. The van der Waals surface area contributed by atoms with Gasteiger partial charge in [0.2, 0.25) is 0 Å². The van der Waals surface area contributed by atoms with E-state index in [0.717, 1.165) is 33.2 Å². The lowest BCUT2D eigenvalue weighted by Gasteiger charge is -2.33. The quantitative estimate of drug-likeness (QED) is 0.292. The SMILES string of the molecule is OCc1cc2cc(CO)c(CO)c(-c3ccnc(N4CCC(O)c5ccccc54)c3)c2cc1CO. The third-order valence-corrected chi connectivity index (χ3v) is 6.85. The van der Waals surface area contributed by atoms with Crippen LogP contribution in [0, 0.1) is 0 Å². The molecule has 1 aromatic heterocycles. The van der Waals surface area contributed by atoms with Gasteiger partial charge in [0.15, 0.2) is 0 Å². The molecule has 7 nitrogen and oxygen atoms in total. The zero-order valence-corrected chi connectivity index (χ0v) is 19.2. The van der Waals surface area contributed by atoms with Gasteiger partial charge in [0.25, 0.3) is 0 Å². The minimum atomic E-state index is -0.519. The highest BCUT2D eigenvalue weighted by molar-refractivity contribution is 6.00. The van der Waals surface area contributed by atoms with E-state index in [1.54, 1.807) is 6.20 Å². The van der Waals surface area contributed by atoms with E-state index >= 15 is 0 Å². The monoisotopic (exact) mass is 472 g/mol. The van der Waals surface area contributed by atoms with E-state index in [9.17, 15) is 25.5 Å². The maximum absolute atomic E-state index is 10.5. The predicted molar refractivity (Wildman–Crippen MR) is 134 cm³/mol. The van der Waals surface area contributed by atoms with Crippen molar-refractivity contribution in [2.45, 2.75) is 39.0 Å². The van der Waals surface area contributed by atoms with Crippen LogP contribution >= 0.6 is 0 Å². The minimum absolute atomic E-state index is 0.211. The molecule has 5 rings (SSSR count). The summed E-state index contributed by atoms with van der Waals surface area (Å²) in [6, 6.07) is 17.0. The van der Waals surface area contributed by atoms with E-state index in [-0.39, 0.29) is 26.4 Å². The maximum atomic E-state index is 10.5. The molecule has 0 radical (unpaired) electrons. The Morgan fingerprint density at radius 1 is 0.829 bits per heavy atom. The topological polar surface area (TPSA) is 117 Å². The normalized spacial score (nSPS) is 15.5. The lowest BCUT2D eigenvalue weighted by Crippen LogP contribution is -2.27. The Hall–Kier alpha value is -3.33. The summed E-state index contributed by atoms with van der Waals surface area (Å²) in [4.78, 5) is 6.69. The molecular weight excluding hydrogens is 444 g/mol. The van der Waals surface area contributed by atoms with E-state index in [1.165, 1.54) is 0 Å². The van der Waals surface area contributed by atoms with Gasteiger partial charge in [-0.1, -0.05) is 18.2 Å². The maximum Gasteiger partial charge on any atom is 0.133 e. The van der Waals surface area contributed by atoms with Crippen molar-refractivity contribution >= 4 is 22.3 Å². The van der Waals surface area contributed by atoms with Crippen LogP contribution in [0.1, 0.15) is 40.3 Å². The Labute approximate surface area is 203 Å². The van der Waals surface area contributed by atoms with Crippen LogP contribution in [0.25, 0.3) is 21.9 Å². The molecule has 0 amide bonds. The molecule has 3 aromatic carbocycles. The molecule has 0 saturated carbocycles. The number of aliphatic hydroxyl groups excluding tert-OH is 5. The highest BCUT2D eigenvalue weighted by atomic mass is 16.3. The number of rotatable bonds is 6. The molecule has 1 aliphatic heterocycles. The van der Waals surface area contributed by atoms with E-state index in [2.05, 4.69) is 9.88 Å². The smallest absolute Gasteiger partial charge is 0.133 e. The van der Waals surface area contributed by atoms with Crippen LogP contribution in [-0.4, -0.2) is 37.1 Å². The largest absolute Gasteiger partial charge is 0.392 e. The molecular formula is C28H28N2O5. The number of para-hydroxylation sites is 1. The summed E-state index contributed by atoms with van der Waals surface area (Å²) in [7, 11) is 0. The number of aromatic nitrogens is 1. The van der Waals surface area contributed by atoms with Crippen molar-refractivity contribution in [1.29, 1.82) is 0 Å². The third-order valence-electron chi connectivity index (χ3n) is 6.85. The molecule has 5 N–H and O–H groups in total. The number of aliphatic hydroxyl groups is 5. The molecule has 1 atom stereocenters. The molecule has 1 unspecified atom stereocenters. The fourth-order valence-corrected chi connectivity index (χ4v) is 5.09. The first kappa shape index (κ1) is 23.4. The Kier molecular flexibility index (Phi) is 6.51. The van der Waals surface area contributed by atoms with E-state index in [4.69, 9.17) is 0 Å². The third kappa shape index (κ3) is 4.07. The Morgan fingerprint density at radius 3 is 2.29 bits per heavy atom. The second kappa shape index (κ2) is 9.73. The van der Waals surface area contributed by atoms with E-state index in [1.807, 2.05) is 54.6 Å². The zero-order valence-electron chi connectivity index (χ0n) is 19.2. The molecule has 2 heterocycles. The van der Waals surface area contributed by atoms with E-state index in [0.29, 0.717) is 41.0 Å². The summed E-state index contributed by atoms with van der Waals surface area (Å²) < 4.78 is 0. The molecule has 4 aromatic rings. The summed E-state index contributed by atoms with van der Waals surface area (Å²) in [6.45, 7) is -0.349. The van der Waals surface area contributed by atoms with Crippen molar-refractivity contribution in [3.63, 3.8) is 0 Å². The predicted octanol–water partition coefficient (Wildman–Crippen LogP) is 3.45. The van der Waals surface area contributed by atoms with Crippen molar-refractivity contribution in [2.24, 2.45) is 0 Å². The van der Waals surface area contributed by atoms with Crippen LogP contribution in [0.5, 0.6) is 0 Å².